The van der Waals surface area contributed by atoms with Crippen molar-refractivity contribution < 1.29 is 9.59 Å². The fraction of sp³-hybridized carbons (Fsp3) is 0.0526. The van der Waals surface area contributed by atoms with E-state index in [1.807, 2.05) is 12.1 Å². The van der Waals surface area contributed by atoms with Crippen LogP contribution in [0.3, 0.4) is 0 Å². The lowest BCUT2D eigenvalue weighted by atomic mass is 10.2. The zero-order chi connectivity index (χ0) is 18.5. The Labute approximate surface area is 149 Å². The first-order chi connectivity index (χ1) is 12.6. The number of carbonyl (C=O) groups excluding carboxylic acids is 2. The van der Waals surface area contributed by atoms with Crippen LogP contribution in [-0.4, -0.2) is 21.6 Å². The smallest absolute Gasteiger partial charge is 0.276 e. The molecule has 0 bridgehead atoms. The van der Waals surface area contributed by atoms with Gasteiger partial charge in [-0.05, 0) is 30.3 Å². The minimum atomic E-state index is -0.434. The van der Waals surface area contributed by atoms with E-state index in [-0.39, 0.29) is 11.6 Å². The minimum absolute atomic E-state index is 0.151. The molecule has 2 N–H and O–H groups in total. The Morgan fingerprint density at radius 3 is 2.50 bits per heavy atom. The second-order valence-electron chi connectivity index (χ2n) is 5.51. The molecule has 128 valence electrons. The SMILES string of the molecule is Cn1nc(C(=O)Nc2cccc(C#N)c2)cc1NC(=O)c1ccccc1. The Balaban J connectivity index is 1.74. The van der Waals surface area contributed by atoms with E-state index >= 15 is 0 Å². The van der Waals surface area contributed by atoms with Crippen LogP contribution in [0.15, 0.2) is 60.7 Å². The Morgan fingerprint density at radius 2 is 1.77 bits per heavy atom. The number of amides is 2. The first-order valence-electron chi connectivity index (χ1n) is 7.79. The lowest BCUT2D eigenvalue weighted by Crippen LogP contribution is -2.14. The number of nitrogens with one attached hydrogen (secondary N) is 2. The van der Waals surface area contributed by atoms with Gasteiger partial charge in [0.05, 0.1) is 11.6 Å². The monoisotopic (exact) mass is 345 g/mol. The third-order valence-corrected chi connectivity index (χ3v) is 3.64. The van der Waals surface area contributed by atoms with E-state index < -0.39 is 5.91 Å². The lowest BCUT2D eigenvalue weighted by molar-refractivity contribution is 0.101. The van der Waals surface area contributed by atoms with Gasteiger partial charge in [0.2, 0.25) is 0 Å². The third-order valence-electron chi connectivity index (χ3n) is 3.64. The van der Waals surface area contributed by atoms with Crippen molar-refractivity contribution in [1.82, 2.24) is 9.78 Å². The summed E-state index contributed by atoms with van der Waals surface area (Å²) in [4.78, 5) is 24.6. The molecule has 0 fully saturated rings. The predicted octanol–water partition coefficient (Wildman–Crippen LogP) is 2.80. The summed E-state index contributed by atoms with van der Waals surface area (Å²) in [5.74, 6) is -0.326. The molecule has 3 aromatic rings. The zero-order valence-electron chi connectivity index (χ0n) is 13.9. The topological polar surface area (TPSA) is 99.8 Å². The second kappa shape index (κ2) is 7.32. The Hall–Kier alpha value is -3.92. The summed E-state index contributed by atoms with van der Waals surface area (Å²) in [7, 11) is 1.63. The summed E-state index contributed by atoms with van der Waals surface area (Å²) in [6.45, 7) is 0. The van der Waals surface area contributed by atoms with Gasteiger partial charge in [0.15, 0.2) is 5.69 Å². The molecule has 1 aromatic heterocycles. The Morgan fingerprint density at radius 1 is 1.00 bits per heavy atom. The predicted molar refractivity (Wildman–Crippen MR) is 96.7 cm³/mol. The van der Waals surface area contributed by atoms with Crippen LogP contribution in [0, 0.1) is 11.3 Å². The molecule has 1 heterocycles. The number of anilines is 2. The highest BCUT2D eigenvalue weighted by Gasteiger charge is 2.15. The number of benzene rings is 2. The summed E-state index contributed by atoms with van der Waals surface area (Å²) in [6, 6.07) is 18.8. The van der Waals surface area contributed by atoms with Crippen molar-refractivity contribution in [3.05, 3.63) is 77.5 Å². The van der Waals surface area contributed by atoms with Crippen molar-refractivity contribution in [3.63, 3.8) is 0 Å². The normalized spacial score (nSPS) is 10.0. The van der Waals surface area contributed by atoms with Crippen molar-refractivity contribution >= 4 is 23.3 Å². The standard InChI is InChI=1S/C19H15N5O2/c1-24-17(22-18(25)14-7-3-2-4-8-14)11-16(23-24)19(26)21-15-9-5-6-13(10-15)12-20/h2-11H,1H3,(H,21,26)(H,22,25). The number of hydrogen-bond acceptors (Lipinski definition) is 4. The number of hydrogen-bond donors (Lipinski definition) is 2. The molecule has 7 nitrogen and oxygen atoms in total. The first kappa shape index (κ1) is 16.9. The van der Waals surface area contributed by atoms with E-state index in [0.29, 0.717) is 22.6 Å². The highest BCUT2D eigenvalue weighted by Crippen LogP contribution is 2.15. The van der Waals surface area contributed by atoms with Gasteiger partial charge >= 0.3 is 0 Å². The van der Waals surface area contributed by atoms with Gasteiger partial charge in [-0.2, -0.15) is 10.4 Å². The number of nitrogens with zero attached hydrogens (tertiary/aromatic N) is 3. The molecule has 0 spiro atoms. The van der Waals surface area contributed by atoms with E-state index in [9.17, 15) is 9.59 Å². The maximum atomic E-state index is 12.4. The quantitative estimate of drug-likeness (QED) is 0.759. The van der Waals surface area contributed by atoms with Crippen molar-refractivity contribution in [3.8, 4) is 6.07 Å². The van der Waals surface area contributed by atoms with E-state index in [4.69, 9.17) is 5.26 Å². The number of aryl methyl sites for hydroxylation is 1. The van der Waals surface area contributed by atoms with Crippen LogP contribution in [0.1, 0.15) is 26.4 Å². The summed E-state index contributed by atoms with van der Waals surface area (Å²) >= 11 is 0. The number of carbonyl (C=O) groups is 2. The van der Waals surface area contributed by atoms with Crippen LogP contribution in [0.5, 0.6) is 0 Å². The molecule has 0 unspecified atom stereocenters. The molecule has 7 heteroatoms. The maximum absolute atomic E-state index is 12.4. The van der Waals surface area contributed by atoms with E-state index in [1.54, 1.807) is 55.6 Å². The number of nitriles is 1. The van der Waals surface area contributed by atoms with Crippen molar-refractivity contribution in [2.45, 2.75) is 0 Å². The third kappa shape index (κ3) is 3.76. The Kier molecular flexibility index (Phi) is 4.76. The average molecular weight is 345 g/mol. The molecule has 0 atom stereocenters. The van der Waals surface area contributed by atoms with Crippen LogP contribution in [0.2, 0.25) is 0 Å². The van der Waals surface area contributed by atoms with Crippen LogP contribution >= 0.6 is 0 Å². The molecular formula is C19H15N5O2. The molecule has 0 radical (unpaired) electrons. The highest BCUT2D eigenvalue weighted by atomic mass is 16.2. The Bertz CT molecular complexity index is 1000. The van der Waals surface area contributed by atoms with Crippen molar-refractivity contribution in [2.24, 2.45) is 7.05 Å². The van der Waals surface area contributed by atoms with E-state index in [0.717, 1.165) is 0 Å². The molecule has 3 rings (SSSR count). The van der Waals surface area contributed by atoms with Gasteiger partial charge in [0.25, 0.3) is 11.8 Å². The number of rotatable bonds is 4. The average Bonchev–Trinajstić information content (AvgIpc) is 3.03. The summed E-state index contributed by atoms with van der Waals surface area (Å²) in [5.41, 5.74) is 1.60. The molecule has 2 amide bonds. The van der Waals surface area contributed by atoms with E-state index in [1.165, 1.54) is 10.7 Å². The zero-order valence-corrected chi connectivity index (χ0v) is 13.9. The van der Waals surface area contributed by atoms with Crippen LogP contribution in [0.25, 0.3) is 0 Å². The summed E-state index contributed by atoms with van der Waals surface area (Å²) in [5, 5.41) is 18.4. The molecule has 26 heavy (non-hydrogen) atoms. The fourth-order valence-electron chi connectivity index (χ4n) is 2.33. The molecule has 0 saturated heterocycles. The van der Waals surface area contributed by atoms with Gasteiger partial charge in [-0.3, -0.25) is 14.3 Å². The molecule has 2 aromatic carbocycles. The van der Waals surface area contributed by atoms with Gasteiger partial charge in [0, 0.05) is 24.4 Å². The first-order valence-corrected chi connectivity index (χ1v) is 7.79. The molecule has 0 aliphatic heterocycles. The van der Waals surface area contributed by atoms with Gasteiger partial charge in [0.1, 0.15) is 5.82 Å². The molecule has 0 aliphatic rings. The van der Waals surface area contributed by atoms with E-state index in [2.05, 4.69) is 15.7 Å². The summed E-state index contributed by atoms with van der Waals surface area (Å²) < 4.78 is 1.42. The van der Waals surface area contributed by atoms with Gasteiger partial charge in [-0.1, -0.05) is 24.3 Å². The molecule has 0 saturated carbocycles. The van der Waals surface area contributed by atoms with Crippen molar-refractivity contribution in [1.29, 1.82) is 5.26 Å². The molecule has 0 aliphatic carbocycles. The van der Waals surface area contributed by atoms with Crippen LogP contribution in [-0.2, 0) is 7.05 Å². The lowest BCUT2D eigenvalue weighted by Gasteiger charge is -2.04. The van der Waals surface area contributed by atoms with Gasteiger partial charge < -0.3 is 10.6 Å². The van der Waals surface area contributed by atoms with Crippen molar-refractivity contribution in [2.75, 3.05) is 10.6 Å². The summed E-state index contributed by atoms with van der Waals surface area (Å²) in [6.07, 6.45) is 0. The second-order valence-corrected chi connectivity index (χ2v) is 5.51. The number of aromatic nitrogens is 2. The maximum Gasteiger partial charge on any atom is 0.276 e. The van der Waals surface area contributed by atoms with Crippen LogP contribution < -0.4 is 10.6 Å². The largest absolute Gasteiger partial charge is 0.321 e. The molecular weight excluding hydrogens is 330 g/mol. The van der Waals surface area contributed by atoms with Gasteiger partial charge in [-0.15, -0.1) is 0 Å². The van der Waals surface area contributed by atoms with Crippen LogP contribution in [0.4, 0.5) is 11.5 Å². The van der Waals surface area contributed by atoms with Gasteiger partial charge in [-0.25, -0.2) is 0 Å². The minimum Gasteiger partial charge on any atom is -0.321 e. The highest BCUT2D eigenvalue weighted by molar-refractivity contribution is 6.06. The fourth-order valence-corrected chi connectivity index (χ4v) is 2.33.